The molecule has 1 aliphatic carbocycles. The lowest BCUT2D eigenvalue weighted by Gasteiger charge is -2.49. The number of fused-ring (bicyclic) bond motifs is 4. The van der Waals surface area contributed by atoms with Crippen LogP contribution in [0.25, 0.3) is 11.3 Å². The fourth-order valence-electron chi connectivity index (χ4n) is 5.31. The molecule has 5 nitrogen and oxygen atoms in total. The highest BCUT2D eigenvalue weighted by Crippen LogP contribution is 2.49. The van der Waals surface area contributed by atoms with Gasteiger partial charge in [0.05, 0.1) is 19.4 Å². The van der Waals surface area contributed by atoms with E-state index in [0.29, 0.717) is 0 Å². The van der Waals surface area contributed by atoms with Crippen LogP contribution >= 0.6 is 0 Å². The average Bonchev–Trinajstić information content (AvgIpc) is 2.81. The van der Waals surface area contributed by atoms with E-state index in [2.05, 4.69) is 41.0 Å². The molecule has 2 aromatic carbocycles. The molecule has 33 heavy (non-hydrogen) atoms. The minimum absolute atomic E-state index is 0.0808. The van der Waals surface area contributed by atoms with Gasteiger partial charge in [-0.25, -0.2) is 4.79 Å². The second-order valence-electron chi connectivity index (χ2n) is 9.09. The smallest absolute Gasteiger partial charge is 0.343 e. The van der Waals surface area contributed by atoms with Crippen molar-refractivity contribution in [1.29, 1.82) is 0 Å². The predicted molar refractivity (Wildman–Crippen MR) is 128 cm³/mol. The molecule has 1 saturated carbocycles. The van der Waals surface area contributed by atoms with Crippen LogP contribution in [0.15, 0.2) is 59.5 Å². The maximum atomic E-state index is 12.9. The number of benzene rings is 2. The number of carbonyl (C=O) groups excluding carboxylic acids is 1. The highest BCUT2D eigenvalue weighted by molar-refractivity contribution is 5.89. The molecule has 0 saturated heterocycles. The summed E-state index contributed by atoms with van der Waals surface area (Å²) in [5.74, 6) is 0.287. The van der Waals surface area contributed by atoms with Crippen LogP contribution in [0.3, 0.4) is 0 Å². The lowest BCUT2D eigenvalue weighted by atomic mass is 9.69. The van der Waals surface area contributed by atoms with Crippen LogP contribution in [0.5, 0.6) is 5.75 Å². The molecule has 0 bridgehead atoms. The van der Waals surface area contributed by atoms with Crippen molar-refractivity contribution in [1.82, 2.24) is 4.57 Å². The quantitative estimate of drug-likeness (QED) is 0.508. The third-order valence-corrected chi connectivity index (χ3v) is 7.17. The summed E-state index contributed by atoms with van der Waals surface area (Å²) in [4.78, 5) is 25.3. The third kappa shape index (κ3) is 3.75. The number of carbonyl (C=O) groups is 1. The molecule has 1 aromatic heterocycles. The van der Waals surface area contributed by atoms with Gasteiger partial charge in [0.25, 0.3) is 0 Å². The van der Waals surface area contributed by atoms with Crippen molar-refractivity contribution in [2.24, 2.45) is 0 Å². The number of nitrogens with zero attached hydrogens (tertiary/aromatic N) is 1. The molecule has 0 N–H and O–H groups in total. The molecule has 1 fully saturated rings. The van der Waals surface area contributed by atoms with Crippen molar-refractivity contribution < 1.29 is 14.3 Å². The predicted octanol–water partition coefficient (Wildman–Crippen LogP) is 4.92. The Morgan fingerprint density at radius 3 is 2.55 bits per heavy atom. The monoisotopic (exact) mass is 443 g/mol. The molecule has 2 aliphatic rings. The zero-order valence-corrected chi connectivity index (χ0v) is 19.2. The number of aryl methyl sites for hydroxylation is 2. The van der Waals surface area contributed by atoms with Crippen molar-refractivity contribution in [2.75, 3.05) is 13.7 Å². The maximum absolute atomic E-state index is 12.9. The minimum atomic E-state index is -0.549. The van der Waals surface area contributed by atoms with Crippen LogP contribution in [0, 0.1) is 0 Å². The second kappa shape index (κ2) is 8.54. The number of rotatable bonds is 6. The summed E-state index contributed by atoms with van der Waals surface area (Å²) in [6, 6.07) is 16.4. The van der Waals surface area contributed by atoms with Crippen LogP contribution in [0.1, 0.15) is 53.2 Å². The normalized spacial score (nSPS) is 15.3. The van der Waals surface area contributed by atoms with E-state index in [1.165, 1.54) is 16.7 Å². The fraction of sp³-hybridized carbons (Fsp3) is 0.357. The summed E-state index contributed by atoms with van der Waals surface area (Å²) in [6.45, 7) is 2.00. The molecule has 0 radical (unpaired) electrons. The Hall–Kier alpha value is -3.34. The highest BCUT2D eigenvalue weighted by Gasteiger charge is 2.43. The molecule has 1 aliphatic heterocycles. The molecule has 170 valence electrons. The molecule has 5 rings (SSSR count). The number of pyridine rings is 1. The first-order valence-corrected chi connectivity index (χ1v) is 11.7. The van der Waals surface area contributed by atoms with Crippen LogP contribution in [0.4, 0.5) is 0 Å². The van der Waals surface area contributed by atoms with Crippen molar-refractivity contribution >= 4 is 5.97 Å². The Morgan fingerprint density at radius 1 is 1.09 bits per heavy atom. The number of ether oxygens (including phenoxy) is 2. The van der Waals surface area contributed by atoms with Crippen LogP contribution in [-0.2, 0) is 29.5 Å². The van der Waals surface area contributed by atoms with Gasteiger partial charge in [-0.3, -0.25) is 4.79 Å². The van der Waals surface area contributed by atoms with Gasteiger partial charge in [0.2, 0.25) is 0 Å². The van der Waals surface area contributed by atoms with Crippen molar-refractivity contribution in [3.63, 3.8) is 0 Å². The second-order valence-corrected chi connectivity index (χ2v) is 9.09. The molecule has 0 atom stereocenters. The van der Waals surface area contributed by atoms with Gasteiger partial charge in [-0.1, -0.05) is 36.4 Å². The van der Waals surface area contributed by atoms with E-state index < -0.39 is 5.97 Å². The molecule has 5 heteroatoms. The van der Waals surface area contributed by atoms with Crippen LogP contribution in [0.2, 0.25) is 0 Å². The number of methoxy groups -OCH3 is 1. The van der Waals surface area contributed by atoms with E-state index in [1.54, 1.807) is 26.3 Å². The van der Waals surface area contributed by atoms with Gasteiger partial charge < -0.3 is 14.0 Å². The van der Waals surface area contributed by atoms with E-state index in [1.807, 2.05) is 6.07 Å². The molecule has 2 heterocycles. The van der Waals surface area contributed by atoms with E-state index in [9.17, 15) is 9.59 Å². The number of hydrogen-bond acceptors (Lipinski definition) is 4. The maximum Gasteiger partial charge on any atom is 0.343 e. The van der Waals surface area contributed by atoms with Crippen molar-refractivity contribution in [3.05, 3.63) is 87.2 Å². The van der Waals surface area contributed by atoms with Gasteiger partial charge in [0.15, 0.2) is 5.43 Å². The van der Waals surface area contributed by atoms with Crippen LogP contribution < -0.4 is 10.2 Å². The summed E-state index contributed by atoms with van der Waals surface area (Å²) in [5, 5.41) is 0. The summed E-state index contributed by atoms with van der Waals surface area (Å²) in [6.07, 6.45) is 7.68. The van der Waals surface area contributed by atoms with Gasteiger partial charge in [0, 0.05) is 23.4 Å². The first-order valence-electron chi connectivity index (χ1n) is 11.7. The number of hydrogen-bond donors (Lipinski definition) is 0. The Kier molecular flexibility index (Phi) is 5.57. The summed E-state index contributed by atoms with van der Waals surface area (Å²) in [5.41, 5.74) is 5.35. The summed E-state index contributed by atoms with van der Waals surface area (Å²) >= 11 is 0. The first kappa shape index (κ1) is 21.5. The van der Waals surface area contributed by atoms with Gasteiger partial charge >= 0.3 is 5.97 Å². The SMILES string of the molecule is CCOC(=O)c1cn2c(cc1=O)-c1cc(OC)c(CCc3ccccc3)cc1CC21CCC1. The average molecular weight is 444 g/mol. The topological polar surface area (TPSA) is 57.5 Å². The minimum Gasteiger partial charge on any atom is -0.496 e. The first-order chi connectivity index (χ1) is 16.0. The zero-order valence-electron chi connectivity index (χ0n) is 19.2. The number of aromatic nitrogens is 1. The Morgan fingerprint density at radius 2 is 1.88 bits per heavy atom. The van der Waals surface area contributed by atoms with E-state index in [4.69, 9.17) is 9.47 Å². The molecular weight excluding hydrogens is 414 g/mol. The largest absolute Gasteiger partial charge is 0.496 e. The third-order valence-electron chi connectivity index (χ3n) is 7.17. The van der Waals surface area contributed by atoms with E-state index in [0.717, 1.165) is 55.5 Å². The molecule has 0 unspecified atom stereocenters. The van der Waals surface area contributed by atoms with Gasteiger partial charge in [0.1, 0.15) is 11.3 Å². The number of esters is 1. The van der Waals surface area contributed by atoms with Crippen molar-refractivity contribution in [2.45, 2.75) is 51.0 Å². The van der Waals surface area contributed by atoms with Gasteiger partial charge in [-0.05, 0) is 68.2 Å². The Bertz CT molecular complexity index is 1250. The van der Waals surface area contributed by atoms with Crippen LogP contribution in [-0.4, -0.2) is 24.3 Å². The van der Waals surface area contributed by atoms with E-state index >= 15 is 0 Å². The lowest BCUT2D eigenvalue weighted by Crippen LogP contribution is -2.46. The lowest BCUT2D eigenvalue weighted by molar-refractivity contribution is 0.0521. The molecular formula is C28H29NO4. The molecule has 1 spiro atoms. The summed E-state index contributed by atoms with van der Waals surface area (Å²) < 4.78 is 13.1. The Labute approximate surface area is 194 Å². The summed E-state index contributed by atoms with van der Waals surface area (Å²) in [7, 11) is 1.70. The zero-order chi connectivity index (χ0) is 23.0. The fourth-order valence-corrected chi connectivity index (χ4v) is 5.31. The van der Waals surface area contributed by atoms with Gasteiger partial charge in [-0.2, -0.15) is 0 Å². The Balaban J connectivity index is 1.58. The highest BCUT2D eigenvalue weighted by atomic mass is 16.5. The molecule has 3 aromatic rings. The van der Waals surface area contributed by atoms with Gasteiger partial charge in [-0.15, -0.1) is 0 Å². The standard InChI is InChI=1S/C28H29NO4/c1-3-33-27(31)23-18-29-24(16-25(23)30)22-15-26(32-2)20(11-10-19-8-5-4-6-9-19)14-21(22)17-28(29)12-7-13-28/h4-6,8-9,14-16,18H,3,7,10-13,17H2,1-2H3. The van der Waals surface area contributed by atoms with E-state index in [-0.39, 0.29) is 23.1 Å². The molecule has 0 amide bonds. The van der Waals surface area contributed by atoms with Crippen molar-refractivity contribution in [3.8, 4) is 17.0 Å².